The van der Waals surface area contributed by atoms with E-state index in [0.717, 1.165) is 5.01 Å². The fourth-order valence-electron chi connectivity index (χ4n) is 0.653. The van der Waals surface area contributed by atoms with Crippen LogP contribution in [0.25, 0.3) is 0 Å². The number of hydrazone groups is 1. The fraction of sp³-hybridized carbons (Fsp3) is 0.571. The summed E-state index contributed by atoms with van der Waals surface area (Å²) in [6.45, 7) is 4.94. The second-order valence-electron chi connectivity index (χ2n) is 2.00. The molecule has 0 aromatic rings. The van der Waals surface area contributed by atoms with Crippen molar-refractivity contribution in [2.75, 3.05) is 7.05 Å². The molecule has 0 saturated carbocycles. The molecule has 0 radical (unpaired) electrons. The Morgan fingerprint density at radius 3 is 2.55 bits per heavy atom. The van der Waals surface area contributed by atoms with Crippen molar-refractivity contribution in [2.24, 2.45) is 5.10 Å². The van der Waals surface area contributed by atoms with E-state index < -0.39 is 6.43 Å². The van der Waals surface area contributed by atoms with Gasteiger partial charge in [0.1, 0.15) is 0 Å². The minimum absolute atomic E-state index is 0.0949. The first kappa shape index (κ1) is 10.1. The zero-order valence-electron chi connectivity index (χ0n) is 6.72. The average molecular weight is 162 g/mol. The summed E-state index contributed by atoms with van der Waals surface area (Å²) in [6.07, 6.45) is -0.482. The molecule has 0 aliphatic carbocycles. The minimum atomic E-state index is -2.48. The minimum Gasteiger partial charge on any atom is -0.268 e. The second-order valence-corrected chi connectivity index (χ2v) is 2.00. The van der Waals surface area contributed by atoms with Crippen molar-refractivity contribution in [3.05, 3.63) is 11.8 Å². The molecular formula is C7H12F2N2. The van der Waals surface area contributed by atoms with Gasteiger partial charge in [-0.15, -0.1) is 0 Å². The summed E-state index contributed by atoms with van der Waals surface area (Å²) in [5.74, 6) is 0. The first-order valence-corrected chi connectivity index (χ1v) is 3.32. The van der Waals surface area contributed by atoms with Gasteiger partial charge in [0.05, 0.1) is 5.70 Å². The molecule has 2 nitrogen and oxygen atoms in total. The Hall–Kier alpha value is -0.930. The van der Waals surface area contributed by atoms with Gasteiger partial charge in [0.2, 0.25) is 0 Å². The van der Waals surface area contributed by atoms with Crippen molar-refractivity contribution >= 4 is 6.72 Å². The van der Waals surface area contributed by atoms with Crippen molar-refractivity contribution in [3.8, 4) is 0 Å². The number of nitrogens with zero attached hydrogens (tertiary/aromatic N) is 2. The normalized spacial score (nSPS) is 11.9. The maximum absolute atomic E-state index is 12.1. The molecule has 0 aromatic heterocycles. The van der Waals surface area contributed by atoms with Gasteiger partial charge in [-0.1, -0.05) is 13.0 Å². The third-order valence-corrected chi connectivity index (χ3v) is 1.22. The molecule has 0 spiro atoms. The highest BCUT2D eigenvalue weighted by atomic mass is 19.3. The van der Waals surface area contributed by atoms with Crippen molar-refractivity contribution in [1.29, 1.82) is 0 Å². The monoisotopic (exact) mass is 162 g/mol. The van der Waals surface area contributed by atoms with E-state index in [1.807, 2.05) is 0 Å². The molecule has 0 saturated heterocycles. The molecule has 0 rings (SSSR count). The van der Waals surface area contributed by atoms with E-state index in [2.05, 4.69) is 11.8 Å². The van der Waals surface area contributed by atoms with Crippen LogP contribution in [-0.2, 0) is 0 Å². The first-order valence-electron chi connectivity index (χ1n) is 3.32. The largest absolute Gasteiger partial charge is 0.279 e. The Bertz CT molecular complexity index is 155. The summed E-state index contributed by atoms with van der Waals surface area (Å²) >= 11 is 0. The van der Waals surface area contributed by atoms with Crippen LogP contribution in [0.2, 0.25) is 0 Å². The molecule has 0 bridgehead atoms. The van der Waals surface area contributed by atoms with E-state index in [9.17, 15) is 8.78 Å². The van der Waals surface area contributed by atoms with Crippen LogP contribution in [0.5, 0.6) is 0 Å². The molecule has 0 aromatic carbocycles. The highest BCUT2D eigenvalue weighted by Crippen LogP contribution is 2.12. The van der Waals surface area contributed by atoms with Crippen LogP contribution in [-0.4, -0.2) is 25.2 Å². The maximum atomic E-state index is 12.1. The van der Waals surface area contributed by atoms with Gasteiger partial charge in [-0.05, 0) is 6.42 Å². The smallest absolute Gasteiger partial charge is 0.268 e. The summed E-state index contributed by atoms with van der Waals surface area (Å²) in [6, 6.07) is 0. The highest BCUT2D eigenvalue weighted by Gasteiger charge is 2.13. The topological polar surface area (TPSA) is 15.6 Å². The van der Waals surface area contributed by atoms with Crippen molar-refractivity contribution in [2.45, 2.75) is 19.8 Å². The second kappa shape index (κ2) is 4.82. The fourth-order valence-corrected chi connectivity index (χ4v) is 0.653. The van der Waals surface area contributed by atoms with Crippen molar-refractivity contribution in [3.63, 3.8) is 0 Å². The number of hydrogen-bond donors (Lipinski definition) is 0. The summed E-state index contributed by atoms with van der Waals surface area (Å²) in [7, 11) is 1.45. The third kappa shape index (κ3) is 3.11. The van der Waals surface area contributed by atoms with E-state index in [0.29, 0.717) is 6.42 Å². The molecule has 0 aliphatic heterocycles. The van der Waals surface area contributed by atoms with Crippen LogP contribution in [0.3, 0.4) is 0 Å². The van der Waals surface area contributed by atoms with Gasteiger partial charge < -0.3 is 0 Å². The van der Waals surface area contributed by atoms with Gasteiger partial charge in [-0.2, -0.15) is 5.10 Å². The molecule has 64 valence electrons. The van der Waals surface area contributed by atoms with E-state index in [4.69, 9.17) is 0 Å². The summed E-state index contributed by atoms with van der Waals surface area (Å²) in [5.41, 5.74) is -0.0949. The maximum Gasteiger partial charge on any atom is 0.279 e. The van der Waals surface area contributed by atoms with Crippen LogP contribution < -0.4 is 0 Å². The van der Waals surface area contributed by atoms with Crippen LogP contribution in [0.4, 0.5) is 8.78 Å². The lowest BCUT2D eigenvalue weighted by molar-refractivity contribution is 0.150. The van der Waals surface area contributed by atoms with E-state index in [-0.39, 0.29) is 5.70 Å². The molecule has 11 heavy (non-hydrogen) atoms. The van der Waals surface area contributed by atoms with Crippen LogP contribution in [0, 0.1) is 0 Å². The molecule has 0 unspecified atom stereocenters. The Labute approximate surface area is 65.2 Å². The molecule has 4 heteroatoms. The summed E-state index contributed by atoms with van der Waals surface area (Å²) in [4.78, 5) is 0. The lowest BCUT2D eigenvalue weighted by Gasteiger charge is -2.15. The van der Waals surface area contributed by atoms with Gasteiger partial charge in [0.25, 0.3) is 6.43 Å². The van der Waals surface area contributed by atoms with Gasteiger partial charge in [0.15, 0.2) is 0 Å². The number of allylic oxidation sites excluding steroid dienone is 2. The van der Waals surface area contributed by atoms with Crippen LogP contribution in [0.15, 0.2) is 16.9 Å². The van der Waals surface area contributed by atoms with E-state index in [1.165, 1.54) is 13.1 Å². The van der Waals surface area contributed by atoms with E-state index >= 15 is 0 Å². The van der Waals surface area contributed by atoms with E-state index in [1.54, 1.807) is 6.92 Å². The predicted molar refractivity (Wildman–Crippen MR) is 41.7 cm³/mol. The van der Waals surface area contributed by atoms with Gasteiger partial charge in [0, 0.05) is 13.8 Å². The van der Waals surface area contributed by atoms with Gasteiger partial charge in [-0.3, -0.25) is 5.01 Å². The zero-order chi connectivity index (χ0) is 8.85. The molecule has 0 atom stereocenters. The van der Waals surface area contributed by atoms with Crippen LogP contribution in [0.1, 0.15) is 13.3 Å². The predicted octanol–water partition coefficient (Wildman–Crippen LogP) is 2.09. The molecule has 0 N–H and O–H groups in total. The zero-order valence-corrected chi connectivity index (χ0v) is 6.72. The van der Waals surface area contributed by atoms with Crippen molar-refractivity contribution in [1.82, 2.24) is 5.01 Å². The lowest BCUT2D eigenvalue weighted by Crippen LogP contribution is -2.16. The molecule has 0 aliphatic rings. The van der Waals surface area contributed by atoms with Gasteiger partial charge >= 0.3 is 0 Å². The van der Waals surface area contributed by atoms with Crippen LogP contribution >= 0.6 is 0 Å². The number of hydrogen-bond acceptors (Lipinski definition) is 2. The Morgan fingerprint density at radius 2 is 2.27 bits per heavy atom. The summed E-state index contributed by atoms with van der Waals surface area (Å²) in [5, 5.41) is 4.44. The number of alkyl halides is 2. The molecule has 0 fully saturated rings. The van der Waals surface area contributed by atoms with Crippen molar-refractivity contribution < 1.29 is 8.78 Å². The Balaban J connectivity index is 4.33. The number of halogens is 2. The lowest BCUT2D eigenvalue weighted by atomic mass is 10.3. The van der Waals surface area contributed by atoms with Gasteiger partial charge in [-0.25, -0.2) is 8.78 Å². The average Bonchev–Trinajstić information content (AvgIpc) is 1.98. The molecular weight excluding hydrogens is 150 g/mol. The SMILES string of the molecule is C=NN(C)/C(=C\CC)C(F)F. The highest BCUT2D eigenvalue weighted by molar-refractivity contribution is 5.23. The quantitative estimate of drug-likeness (QED) is 0.456. The standard InChI is InChI=1S/C7H12F2N2/c1-4-5-6(7(8)9)11(3)10-2/h5,7H,2,4H2,1,3H3/b6-5-. The molecule has 0 heterocycles. The third-order valence-electron chi connectivity index (χ3n) is 1.22. The number of rotatable bonds is 4. The summed E-state index contributed by atoms with van der Waals surface area (Å²) < 4.78 is 24.3. The Morgan fingerprint density at radius 1 is 1.73 bits per heavy atom. The molecule has 0 amide bonds. The first-order chi connectivity index (χ1) is 5.13. The Kier molecular flexibility index (Phi) is 4.41.